The first-order valence-electron chi connectivity index (χ1n) is 8.60. The van der Waals surface area contributed by atoms with Gasteiger partial charge in [0.2, 0.25) is 0 Å². The molecule has 0 aliphatic heterocycles. The van der Waals surface area contributed by atoms with Crippen LogP contribution in [0.4, 0.5) is 8.78 Å². The SMILES string of the molecule is CN=C(NCc1cc(C)ccc1OC(F)F)NCC(OC)c1ccccc1. The topological polar surface area (TPSA) is 54.9 Å². The number of guanidine groups is 1. The maximum absolute atomic E-state index is 12.6. The lowest BCUT2D eigenvalue weighted by molar-refractivity contribution is -0.0504. The Morgan fingerprint density at radius 2 is 1.85 bits per heavy atom. The smallest absolute Gasteiger partial charge is 0.387 e. The minimum Gasteiger partial charge on any atom is -0.434 e. The van der Waals surface area contributed by atoms with Gasteiger partial charge in [-0.2, -0.15) is 8.78 Å². The monoisotopic (exact) mass is 377 g/mol. The fourth-order valence-electron chi connectivity index (χ4n) is 2.65. The van der Waals surface area contributed by atoms with E-state index in [1.807, 2.05) is 37.3 Å². The predicted octanol–water partition coefficient (Wildman–Crippen LogP) is 3.65. The number of halogens is 2. The van der Waals surface area contributed by atoms with Crippen molar-refractivity contribution >= 4 is 5.96 Å². The van der Waals surface area contributed by atoms with Gasteiger partial charge >= 0.3 is 6.61 Å². The van der Waals surface area contributed by atoms with E-state index in [-0.39, 0.29) is 11.9 Å². The number of aryl methyl sites for hydroxylation is 1. The molecule has 2 N–H and O–H groups in total. The Morgan fingerprint density at radius 3 is 2.48 bits per heavy atom. The highest BCUT2D eigenvalue weighted by atomic mass is 19.3. The summed E-state index contributed by atoms with van der Waals surface area (Å²) in [7, 11) is 3.29. The number of ether oxygens (including phenoxy) is 2. The molecule has 0 fully saturated rings. The van der Waals surface area contributed by atoms with Crippen molar-refractivity contribution in [3.05, 3.63) is 65.2 Å². The summed E-state index contributed by atoms with van der Waals surface area (Å²) in [5, 5.41) is 6.30. The number of nitrogens with zero attached hydrogens (tertiary/aromatic N) is 1. The quantitative estimate of drug-likeness (QED) is 0.545. The highest BCUT2D eigenvalue weighted by molar-refractivity contribution is 5.79. The fraction of sp³-hybridized carbons (Fsp3) is 0.350. The zero-order chi connectivity index (χ0) is 19.6. The number of hydrogen-bond donors (Lipinski definition) is 2. The minimum atomic E-state index is -2.86. The molecule has 0 aliphatic rings. The van der Waals surface area contributed by atoms with Crippen LogP contribution in [0.2, 0.25) is 0 Å². The van der Waals surface area contributed by atoms with Gasteiger partial charge in [0.1, 0.15) is 5.75 Å². The molecule has 1 atom stereocenters. The van der Waals surface area contributed by atoms with Crippen molar-refractivity contribution < 1.29 is 18.3 Å². The second kappa shape index (κ2) is 10.5. The highest BCUT2D eigenvalue weighted by Gasteiger charge is 2.13. The Bertz CT molecular complexity index is 739. The molecule has 2 rings (SSSR count). The third-order valence-corrected chi connectivity index (χ3v) is 4.01. The van der Waals surface area contributed by atoms with Gasteiger partial charge in [0.15, 0.2) is 5.96 Å². The molecule has 5 nitrogen and oxygen atoms in total. The predicted molar refractivity (Wildman–Crippen MR) is 102 cm³/mol. The summed E-state index contributed by atoms with van der Waals surface area (Å²) < 4.78 is 35.3. The van der Waals surface area contributed by atoms with Gasteiger partial charge in [0.05, 0.1) is 6.10 Å². The van der Waals surface area contributed by atoms with Crippen molar-refractivity contribution in [2.75, 3.05) is 20.7 Å². The summed E-state index contributed by atoms with van der Waals surface area (Å²) in [5.41, 5.74) is 2.64. The van der Waals surface area contributed by atoms with Crippen molar-refractivity contribution in [3.63, 3.8) is 0 Å². The summed E-state index contributed by atoms with van der Waals surface area (Å²) >= 11 is 0. The first-order chi connectivity index (χ1) is 13.0. The highest BCUT2D eigenvalue weighted by Crippen LogP contribution is 2.22. The summed E-state index contributed by atoms with van der Waals surface area (Å²) in [6.45, 7) is -0.163. The molecule has 0 bridgehead atoms. The van der Waals surface area contributed by atoms with Crippen molar-refractivity contribution in [3.8, 4) is 5.75 Å². The molecule has 0 radical (unpaired) electrons. The molecule has 0 saturated heterocycles. The Morgan fingerprint density at radius 1 is 1.11 bits per heavy atom. The van der Waals surface area contributed by atoms with Gasteiger partial charge < -0.3 is 20.1 Å². The summed E-state index contributed by atoms with van der Waals surface area (Å²) in [5.74, 6) is 0.690. The molecule has 2 aromatic carbocycles. The molecule has 1 unspecified atom stereocenters. The normalized spacial score (nSPS) is 12.7. The van der Waals surface area contributed by atoms with Crippen LogP contribution in [-0.2, 0) is 11.3 Å². The van der Waals surface area contributed by atoms with Crippen molar-refractivity contribution in [1.29, 1.82) is 0 Å². The molecule has 0 heterocycles. The maximum Gasteiger partial charge on any atom is 0.387 e. The van der Waals surface area contributed by atoms with E-state index in [0.29, 0.717) is 24.6 Å². The van der Waals surface area contributed by atoms with E-state index in [2.05, 4.69) is 20.4 Å². The Kier molecular flexibility index (Phi) is 8.00. The number of methoxy groups -OCH3 is 1. The molecular formula is C20H25F2N3O2. The van der Waals surface area contributed by atoms with Gasteiger partial charge in [-0.3, -0.25) is 4.99 Å². The molecule has 0 aliphatic carbocycles. The lowest BCUT2D eigenvalue weighted by atomic mass is 10.1. The number of hydrogen-bond acceptors (Lipinski definition) is 3. The van der Waals surface area contributed by atoms with Crippen LogP contribution in [0, 0.1) is 6.92 Å². The van der Waals surface area contributed by atoms with E-state index < -0.39 is 6.61 Å². The maximum atomic E-state index is 12.6. The number of rotatable bonds is 8. The zero-order valence-corrected chi connectivity index (χ0v) is 15.7. The number of nitrogens with one attached hydrogen (secondary N) is 2. The van der Waals surface area contributed by atoms with Gasteiger partial charge in [-0.05, 0) is 18.6 Å². The Hall–Kier alpha value is -2.67. The molecular weight excluding hydrogens is 352 g/mol. The van der Waals surface area contributed by atoms with Crippen LogP contribution in [0.3, 0.4) is 0 Å². The molecule has 0 amide bonds. The van der Waals surface area contributed by atoms with Crippen molar-refractivity contribution in [2.24, 2.45) is 4.99 Å². The third kappa shape index (κ3) is 6.53. The molecule has 27 heavy (non-hydrogen) atoms. The lowest BCUT2D eigenvalue weighted by Crippen LogP contribution is -2.39. The summed E-state index contributed by atoms with van der Waals surface area (Å²) in [4.78, 5) is 4.17. The minimum absolute atomic E-state index is 0.138. The number of alkyl halides is 2. The van der Waals surface area contributed by atoms with E-state index in [1.54, 1.807) is 32.4 Å². The average Bonchev–Trinajstić information content (AvgIpc) is 2.67. The number of aliphatic imine (C=N–C) groups is 1. The summed E-state index contributed by atoms with van der Waals surface area (Å²) in [6, 6.07) is 14.9. The van der Waals surface area contributed by atoms with Crippen molar-refractivity contribution in [2.45, 2.75) is 26.2 Å². The number of benzene rings is 2. The molecule has 2 aromatic rings. The van der Waals surface area contributed by atoms with Gasteiger partial charge in [0, 0.05) is 32.8 Å². The first-order valence-corrected chi connectivity index (χ1v) is 8.60. The second-order valence-electron chi connectivity index (χ2n) is 5.93. The van der Waals surface area contributed by atoms with Crippen LogP contribution >= 0.6 is 0 Å². The average molecular weight is 377 g/mol. The largest absolute Gasteiger partial charge is 0.434 e. The van der Waals surface area contributed by atoms with E-state index in [1.165, 1.54) is 0 Å². The lowest BCUT2D eigenvalue weighted by Gasteiger charge is -2.19. The van der Waals surface area contributed by atoms with Gasteiger partial charge in [-0.15, -0.1) is 0 Å². The molecule has 0 saturated carbocycles. The van der Waals surface area contributed by atoms with Crippen LogP contribution in [0.25, 0.3) is 0 Å². The van der Waals surface area contributed by atoms with E-state index in [4.69, 9.17) is 4.74 Å². The first kappa shape index (κ1) is 20.6. The van der Waals surface area contributed by atoms with Gasteiger partial charge in [-0.1, -0.05) is 48.0 Å². The fourth-order valence-corrected chi connectivity index (χ4v) is 2.65. The van der Waals surface area contributed by atoms with Crippen LogP contribution in [0.15, 0.2) is 53.5 Å². The second-order valence-corrected chi connectivity index (χ2v) is 5.93. The van der Waals surface area contributed by atoms with E-state index >= 15 is 0 Å². The van der Waals surface area contributed by atoms with Gasteiger partial charge in [0.25, 0.3) is 0 Å². The Labute approximate surface area is 158 Å². The van der Waals surface area contributed by atoms with E-state index in [0.717, 1.165) is 11.1 Å². The molecule has 0 aromatic heterocycles. The molecule has 0 spiro atoms. The van der Waals surface area contributed by atoms with Crippen LogP contribution in [-0.4, -0.2) is 33.3 Å². The molecule has 146 valence electrons. The van der Waals surface area contributed by atoms with Crippen LogP contribution < -0.4 is 15.4 Å². The van der Waals surface area contributed by atoms with E-state index in [9.17, 15) is 8.78 Å². The van der Waals surface area contributed by atoms with Crippen LogP contribution in [0.1, 0.15) is 22.8 Å². The van der Waals surface area contributed by atoms with Crippen molar-refractivity contribution in [1.82, 2.24) is 10.6 Å². The zero-order valence-electron chi connectivity index (χ0n) is 15.7. The van der Waals surface area contributed by atoms with Crippen LogP contribution in [0.5, 0.6) is 5.75 Å². The molecule has 7 heteroatoms. The Balaban J connectivity index is 1.97. The standard InChI is InChI=1S/C20H25F2N3O2/c1-14-9-10-17(27-19(21)22)16(11-14)12-24-20(23-2)25-13-18(26-3)15-7-5-4-6-8-15/h4-11,18-19H,12-13H2,1-3H3,(H2,23,24,25). The summed E-state index contributed by atoms with van der Waals surface area (Å²) in [6.07, 6.45) is -0.138. The third-order valence-electron chi connectivity index (χ3n) is 4.01. The van der Waals surface area contributed by atoms with Gasteiger partial charge in [-0.25, -0.2) is 0 Å².